The first-order valence-corrected chi connectivity index (χ1v) is 5.36. The minimum atomic E-state index is -0.735. The zero-order chi connectivity index (χ0) is 13.6. The monoisotopic (exact) mass is 245 g/mol. The van der Waals surface area contributed by atoms with E-state index in [0.717, 1.165) is 0 Å². The molecular weight excluding hydrogens is 224 g/mol. The number of ether oxygens (including phenoxy) is 2. The summed E-state index contributed by atoms with van der Waals surface area (Å²) in [6, 6.07) is -0.661. The Morgan fingerprint density at radius 1 is 1.41 bits per heavy atom. The molecule has 6 heteroatoms. The summed E-state index contributed by atoms with van der Waals surface area (Å²) in [5.41, 5.74) is 4.89. The van der Waals surface area contributed by atoms with Crippen LogP contribution in [-0.2, 0) is 14.3 Å². The quantitative estimate of drug-likeness (QED) is 0.699. The summed E-state index contributed by atoms with van der Waals surface area (Å²) < 4.78 is 9.23. The van der Waals surface area contributed by atoms with E-state index in [2.05, 4.69) is 17.2 Å². The lowest BCUT2D eigenvalue weighted by Crippen LogP contribution is -2.48. The highest BCUT2D eigenvalue weighted by Crippen LogP contribution is 2.06. The van der Waals surface area contributed by atoms with Crippen LogP contribution in [0.5, 0.6) is 0 Å². The zero-order valence-corrected chi connectivity index (χ0v) is 10.8. The van der Waals surface area contributed by atoms with E-state index in [9.17, 15) is 9.59 Å². The van der Waals surface area contributed by atoms with Gasteiger partial charge in [-0.3, -0.25) is 4.79 Å². The summed E-state index contributed by atoms with van der Waals surface area (Å²) >= 11 is 0. The molecule has 0 aromatic carbocycles. The van der Waals surface area contributed by atoms with Crippen LogP contribution < -0.4 is 11.1 Å². The molecule has 1 amide bonds. The molecule has 0 aliphatic carbocycles. The third-order valence-corrected chi connectivity index (χ3v) is 2.14. The van der Waals surface area contributed by atoms with Gasteiger partial charge in [0.2, 0.25) is 0 Å². The van der Waals surface area contributed by atoms with Gasteiger partial charge in [0.05, 0.1) is 5.54 Å². The van der Waals surface area contributed by atoms with Crippen LogP contribution in [0.15, 0.2) is 0 Å². The molecule has 99 valence electrons. The number of hydrogen-bond acceptors (Lipinski definition) is 5. The number of hydrogen-bond donors (Lipinski definition) is 2. The maximum absolute atomic E-state index is 11.5. The lowest BCUT2D eigenvalue weighted by atomic mass is 10.1. The number of esters is 1. The third kappa shape index (κ3) is 6.11. The Morgan fingerprint density at radius 3 is 2.35 bits per heavy atom. The van der Waals surface area contributed by atoms with Crippen LogP contribution in [0.1, 0.15) is 27.7 Å². The van der Waals surface area contributed by atoms with Crippen molar-refractivity contribution in [3.63, 3.8) is 0 Å². The van der Waals surface area contributed by atoms with E-state index < -0.39 is 23.6 Å². The number of carbonyl (C=O) groups excluding carboxylic acids is 2. The summed E-state index contributed by atoms with van der Waals surface area (Å²) in [4.78, 5) is 22.4. The minimum absolute atomic E-state index is 0.00313. The largest absolute Gasteiger partial charge is 0.462 e. The van der Waals surface area contributed by atoms with E-state index in [0.29, 0.717) is 0 Å². The molecule has 0 aliphatic rings. The molecule has 1 radical (unpaired) electrons. The van der Waals surface area contributed by atoms with Crippen molar-refractivity contribution in [3.05, 3.63) is 7.11 Å². The molecular formula is C11H21N2O4. The highest BCUT2D eigenvalue weighted by molar-refractivity contribution is 5.76. The maximum Gasteiger partial charge on any atom is 0.407 e. The fourth-order valence-electron chi connectivity index (χ4n) is 0.968. The molecule has 0 aromatic rings. The second kappa shape index (κ2) is 6.44. The van der Waals surface area contributed by atoms with Gasteiger partial charge < -0.3 is 20.5 Å². The lowest BCUT2D eigenvalue weighted by molar-refractivity contribution is -0.148. The normalized spacial score (nSPS) is 13.1. The molecule has 0 unspecified atom stereocenters. The zero-order valence-electron chi connectivity index (χ0n) is 10.8. The average Bonchev–Trinajstić information content (AvgIpc) is 2.24. The summed E-state index contributed by atoms with van der Waals surface area (Å²) in [5, 5.41) is 2.49. The van der Waals surface area contributed by atoms with Gasteiger partial charge in [-0.1, -0.05) is 13.8 Å². The van der Waals surface area contributed by atoms with Gasteiger partial charge in [-0.25, -0.2) is 4.79 Å². The Morgan fingerprint density at radius 2 is 1.94 bits per heavy atom. The van der Waals surface area contributed by atoms with Crippen molar-refractivity contribution < 1.29 is 19.1 Å². The van der Waals surface area contributed by atoms with E-state index >= 15 is 0 Å². The van der Waals surface area contributed by atoms with Crippen LogP contribution in [0.3, 0.4) is 0 Å². The van der Waals surface area contributed by atoms with Gasteiger partial charge in [0, 0.05) is 0 Å². The lowest BCUT2D eigenvalue weighted by Gasteiger charge is -2.26. The van der Waals surface area contributed by atoms with Crippen molar-refractivity contribution in [3.8, 4) is 0 Å². The molecule has 6 nitrogen and oxygen atoms in total. The Labute approximate surface area is 102 Å². The summed E-state index contributed by atoms with van der Waals surface area (Å²) in [6.07, 6.45) is -0.681. The maximum atomic E-state index is 11.5. The topological polar surface area (TPSA) is 90.6 Å². The van der Waals surface area contributed by atoms with Crippen molar-refractivity contribution in [2.45, 2.75) is 39.3 Å². The molecule has 0 bridgehead atoms. The van der Waals surface area contributed by atoms with Crippen LogP contribution in [0.4, 0.5) is 4.79 Å². The van der Waals surface area contributed by atoms with Crippen LogP contribution in [0.2, 0.25) is 0 Å². The first kappa shape index (κ1) is 15.7. The summed E-state index contributed by atoms with van der Waals surface area (Å²) in [6.45, 7) is 7.06. The van der Waals surface area contributed by atoms with E-state index in [1.807, 2.05) is 13.8 Å². The third-order valence-electron chi connectivity index (χ3n) is 2.14. The van der Waals surface area contributed by atoms with E-state index in [1.165, 1.54) is 0 Å². The molecule has 17 heavy (non-hydrogen) atoms. The Kier molecular flexibility index (Phi) is 5.95. The highest BCUT2D eigenvalue weighted by atomic mass is 16.5. The standard InChI is InChI=1S/C11H21N2O4/c1-7(2)8(12)9(14)17-6-11(3,4)13-10(15)16-5/h7-8H,5-6,12H2,1-4H3,(H,13,15)/t8-/m0/s1. The first-order chi connectivity index (χ1) is 7.69. The van der Waals surface area contributed by atoms with Gasteiger partial charge in [-0.2, -0.15) is 0 Å². The van der Waals surface area contributed by atoms with Crippen molar-refractivity contribution in [1.82, 2.24) is 5.32 Å². The SMILES string of the molecule is [CH2]OC(=O)NC(C)(C)COC(=O)[C@@H](N)C(C)C. The average molecular weight is 245 g/mol. The van der Waals surface area contributed by atoms with E-state index in [-0.39, 0.29) is 12.5 Å². The minimum Gasteiger partial charge on any atom is -0.462 e. The number of nitrogens with one attached hydrogen (secondary N) is 1. The smallest absolute Gasteiger partial charge is 0.407 e. The van der Waals surface area contributed by atoms with Gasteiger partial charge in [0.25, 0.3) is 0 Å². The van der Waals surface area contributed by atoms with Crippen LogP contribution in [0.25, 0.3) is 0 Å². The summed E-state index contributed by atoms with van der Waals surface area (Å²) in [7, 11) is 2.98. The molecule has 3 N–H and O–H groups in total. The van der Waals surface area contributed by atoms with Crippen molar-refractivity contribution in [1.29, 1.82) is 0 Å². The van der Waals surface area contributed by atoms with Gasteiger partial charge >= 0.3 is 12.1 Å². The number of alkyl carbamates (subject to hydrolysis) is 1. The fraction of sp³-hybridized carbons (Fsp3) is 0.727. The van der Waals surface area contributed by atoms with Gasteiger partial charge in [-0.15, -0.1) is 0 Å². The molecule has 0 fully saturated rings. The van der Waals surface area contributed by atoms with Gasteiger partial charge in [0.15, 0.2) is 0 Å². The summed E-state index contributed by atoms with van der Waals surface area (Å²) in [5.74, 6) is -0.485. The first-order valence-electron chi connectivity index (χ1n) is 5.36. The van der Waals surface area contributed by atoms with Crippen LogP contribution in [-0.4, -0.2) is 30.3 Å². The second-order valence-electron chi connectivity index (χ2n) is 4.82. The Bertz CT molecular complexity index is 277. The number of rotatable bonds is 5. The Hall–Kier alpha value is -1.30. The van der Waals surface area contributed by atoms with Crippen LogP contribution >= 0.6 is 0 Å². The van der Waals surface area contributed by atoms with Gasteiger partial charge in [0.1, 0.15) is 19.8 Å². The van der Waals surface area contributed by atoms with Gasteiger partial charge in [-0.05, 0) is 19.8 Å². The molecule has 0 saturated heterocycles. The number of nitrogens with two attached hydrogens (primary N) is 1. The van der Waals surface area contributed by atoms with E-state index in [1.54, 1.807) is 13.8 Å². The van der Waals surface area contributed by atoms with E-state index in [4.69, 9.17) is 10.5 Å². The molecule has 0 saturated carbocycles. The Balaban J connectivity index is 4.18. The molecule has 1 atom stereocenters. The molecule has 0 aromatic heterocycles. The predicted octanol–water partition coefficient (Wildman–Crippen LogP) is 0.809. The number of carbonyl (C=O) groups is 2. The van der Waals surface area contributed by atoms with Crippen molar-refractivity contribution in [2.75, 3.05) is 6.61 Å². The molecule has 0 spiro atoms. The van der Waals surface area contributed by atoms with Crippen molar-refractivity contribution >= 4 is 12.1 Å². The number of amides is 1. The molecule has 0 rings (SSSR count). The predicted molar refractivity (Wildman–Crippen MR) is 62.8 cm³/mol. The van der Waals surface area contributed by atoms with Crippen molar-refractivity contribution in [2.24, 2.45) is 11.7 Å². The molecule has 0 heterocycles. The van der Waals surface area contributed by atoms with Crippen LogP contribution in [0, 0.1) is 13.0 Å². The molecule has 0 aliphatic heterocycles. The highest BCUT2D eigenvalue weighted by Gasteiger charge is 2.25. The second-order valence-corrected chi connectivity index (χ2v) is 4.82. The fourth-order valence-corrected chi connectivity index (χ4v) is 0.968.